The number of hydrogen-bond acceptors (Lipinski definition) is 25. The number of carbonyl (C=O) groups is 12. The molecule has 0 spiro atoms. The van der Waals surface area contributed by atoms with Gasteiger partial charge in [0.2, 0.25) is 11.9 Å². The number of unbranched alkanes of at least 4 members (excludes halogenated alkanes) is 5. The molecular formula is C77H108N8O23. The van der Waals surface area contributed by atoms with Gasteiger partial charge in [0, 0.05) is 49.3 Å². The Morgan fingerprint density at radius 1 is 0.528 bits per heavy atom. The van der Waals surface area contributed by atoms with Crippen LogP contribution in [0.15, 0.2) is 77.6 Å². The maximum Gasteiger partial charge on any atom is 0.346 e. The van der Waals surface area contributed by atoms with Crippen LogP contribution in [-0.4, -0.2) is 176 Å². The molecule has 0 saturated heterocycles. The van der Waals surface area contributed by atoms with Gasteiger partial charge in [0.1, 0.15) is 6.54 Å². The monoisotopic (exact) mass is 1510 g/mol. The van der Waals surface area contributed by atoms with Crippen molar-refractivity contribution in [2.45, 2.75) is 179 Å². The standard InChI is InChI=1S/C77H108N8O23/c1-12-74(8,66(94)105-41-17-16-36-86)50-76(10,68(96)107-44-23-19-37-100-61(89)33-28-57-26-14-13-15-27-57)52-77(11,69(97)108-45-25-21-40-103-64(92)58-29-31-59(32-30-58)81-72(99)85-55(4)46-54(3)84-85)51-75(9,67(95)106-43-24-20-39-102-63(91)48-79-56(5)87)49-73(6,7)65(93)104-42-22-18-38-101-62(90)34-35-78-71(98)83-70-80-53(2)47-60(88)82-70/h13-15,26-33,46-47,86H,12,16-25,34-45,48-52H2,1-11H3,(H,79,87)(H,81,99)(H3,78,80,82,83,88,98). The SMILES string of the molecule is CCC(C)(CC(C)(CC(C)(CC(C)(CC(C)(C)C(=O)OCCCCOC(=O)CCNC(=O)Nc1nc(C)cc(=O)[nH]1)C(=O)OCCCCOC(=O)CNC(C)=O)C(=O)OCCCCOC(=O)c1ccc(NC(=O)n2nc(C)cc2C)cc1)C(=O)OCCCCOC(=O)C=Cc1ccccc1)C(=O)OCCCCO. The predicted molar refractivity (Wildman–Crippen MR) is 394 cm³/mol. The third-order valence-corrected chi connectivity index (χ3v) is 17.3. The van der Waals surface area contributed by atoms with Crippen molar-refractivity contribution in [3.63, 3.8) is 0 Å². The highest BCUT2D eigenvalue weighted by molar-refractivity contribution is 5.93. The molecule has 0 aliphatic rings. The first-order chi connectivity index (χ1) is 51.1. The van der Waals surface area contributed by atoms with Crippen LogP contribution in [0.25, 0.3) is 6.08 Å². The molecule has 0 saturated carbocycles. The number of aliphatic hydroxyl groups is 1. The number of rotatable bonds is 48. The summed E-state index contributed by atoms with van der Waals surface area (Å²) in [6, 6.07) is 17.0. The van der Waals surface area contributed by atoms with Crippen molar-refractivity contribution in [2.75, 3.05) is 89.8 Å². The van der Waals surface area contributed by atoms with Crippen LogP contribution < -0.4 is 26.8 Å². The Morgan fingerprint density at radius 3 is 1.50 bits per heavy atom. The Bertz CT molecular complexity index is 3740. The number of carbonyl (C=O) groups excluding carboxylic acids is 12. The molecule has 4 unspecified atom stereocenters. The third kappa shape index (κ3) is 32.4. The molecule has 6 N–H and O–H groups in total. The molecule has 2 aromatic heterocycles. The van der Waals surface area contributed by atoms with E-state index in [1.165, 1.54) is 82.6 Å². The van der Waals surface area contributed by atoms with E-state index in [1.54, 1.807) is 46.8 Å². The summed E-state index contributed by atoms with van der Waals surface area (Å²) in [7, 11) is 0. The molecule has 2 aromatic carbocycles. The molecule has 0 bridgehead atoms. The van der Waals surface area contributed by atoms with E-state index in [0.717, 1.165) is 5.56 Å². The average molecular weight is 1510 g/mol. The first kappa shape index (κ1) is 90.1. The minimum atomic E-state index is -1.92. The Labute approximate surface area is 629 Å². The molecular weight excluding hydrogens is 1400 g/mol. The summed E-state index contributed by atoms with van der Waals surface area (Å²) in [5, 5.41) is 23.6. The van der Waals surface area contributed by atoms with E-state index in [4.69, 9.17) is 42.6 Å². The molecule has 594 valence electrons. The van der Waals surface area contributed by atoms with Crippen LogP contribution in [0.3, 0.4) is 0 Å². The Balaban J connectivity index is 1.63. The van der Waals surface area contributed by atoms with Gasteiger partial charge in [-0.3, -0.25) is 53.5 Å². The lowest BCUT2D eigenvalue weighted by atomic mass is 9.59. The number of urea groups is 1. The van der Waals surface area contributed by atoms with Gasteiger partial charge in [0.15, 0.2) is 0 Å². The zero-order valence-corrected chi connectivity index (χ0v) is 64.1. The second-order valence-electron chi connectivity index (χ2n) is 28.2. The van der Waals surface area contributed by atoms with Crippen molar-refractivity contribution in [3.8, 4) is 0 Å². The molecule has 0 aliphatic carbocycles. The zero-order valence-electron chi connectivity index (χ0n) is 64.1. The van der Waals surface area contributed by atoms with Crippen molar-refractivity contribution in [3.05, 3.63) is 111 Å². The summed E-state index contributed by atoms with van der Waals surface area (Å²) < 4.78 is 52.4. The highest BCUT2D eigenvalue weighted by Gasteiger charge is 2.56. The number of nitrogens with one attached hydrogen (secondary N) is 5. The number of anilines is 2. The lowest BCUT2D eigenvalue weighted by Gasteiger charge is -2.44. The Kier molecular flexibility index (Phi) is 37.8. The number of H-pyrrole nitrogens is 1. The van der Waals surface area contributed by atoms with Crippen molar-refractivity contribution < 1.29 is 105 Å². The summed E-state index contributed by atoms with van der Waals surface area (Å²) in [4.78, 5) is 180. The lowest BCUT2D eigenvalue weighted by molar-refractivity contribution is -0.175. The number of nitrogens with zero attached hydrogens (tertiary/aromatic N) is 3. The van der Waals surface area contributed by atoms with E-state index in [9.17, 15) is 53.1 Å². The minimum Gasteiger partial charge on any atom is -0.466 e. The van der Waals surface area contributed by atoms with Gasteiger partial charge in [-0.2, -0.15) is 9.78 Å². The summed E-state index contributed by atoms with van der Waals surface area (Å²) in [6.07, 6.45) is 3.61. The van der Waals surface area contributed by atoms with E-state index in [0.29, 0.717) is 35.6 Å². The zero-order chi connectivity index (χ0) is 79.9. The van der Waals surface area contributed by atoms with Crippen molar-refractivity contribution in [2.24, 2.45) is 27.1 Å². The number of aliphatic hydroxyl groups excluding tert-OH is 1. The second kappa shape index (κ2) is 45.4. The van der Waals surface area contributed by atoms with Crippen LogP contribution >= 0.6 is 0 Å². The van der Waals surface area contributed by atoms with Gasteiger partial charge in [-0.1, -0.05) is 37.3 Å². The van der Waals surface area contributed by atoms with E-state index < -0.39 is 117 Å². The number of aryl methyl sites for hydroxylation is 3. The van der Waals surface area contributed by atoms with Crippen LogP contribution in [0.4, 0.5) is 21.2 Å². The van der Waals surface area contributed by atoms with Crippen molar-refractivity contribution >= 4 is 89.4 Å². The quantitative estimate of drug-likeness (QED) is 0.0104. The predicted octanol–water partition coefficient (Wildman–Crippen LogP) is 9.45. The molecule has 4 atom stereocenters. The molecule has 4 rings (SSSR count). The van der Waals surface area contributed by atoms with Gasteiger partial charge in [-0.25, -0.2) is 24.2 Å². The molecule has 0 aliphatic heterocycles. The van der Waals surface area contributed by atoms with Crippen LogP contribution in [0, 0.1) is 47.8 Å². The first-order valence-electron chi connectivity index (χ1n) is 36.3. The van der Waals surface area contributed by atoms with Gasteiger partial charge in [-0.15, -0.1) is 0 Å². The van der Waals surface area contributed by atoms with Gasteiger partial charge >= 0.3 is 65.8 Å². The summed E-state index contributed by atoms with van der Waals surface area (Å²) in [5.74, 6) is -7.17. The van der Waals surface area contributed by atoms with E-state index in [-0.39, 0.29) is 168 Å². The largest absolute Gasteiger partial charge is 0.466 e. The van der Waals surface area contributed by atoms with Gasteiger partial charge < -0.3 is 63.7 Å². The van der Waals surface area contributed by atoms with Crippen molar-refractivity contribution in [1.29, 1.82) is 0 Å². The number of aromatic amines is 1. The van der Waals surface area contributed by atoms with E-state index >= 15 is 14.4 Å². The topological polar surface area (TPSA) is 420 Å². The fourth-order valence-corrected chi connectivity index (χ4v) is 12.0. The van der Waals surface area contributed by atoms with Gasteiger partial charge in [0.25, 0.3) is 5.56 Å². The fraction of sp³-hybridized carbons (Fsp3) is 0.571. The Morgan fingerprint density at radius 2 is 1.00 bits per heavy atom. The number of hydrogen-bond donors (Lipinski definition) is 6. The molecule has 0 radical (unpaired) electrons. The second-order valence-corrected chi connectivity index (χ2v) is 28.2. The number of benzene rings is 2. The van der Waals surface area contributed by atoms with Crippen molar-refractivity contribution in [1.82, 2.24) is 30.4 Å². The highest BCUT2D eigenvalue weighted by atomic mass is 16.6. The summed E-state index contributed by atoms with van der Waals surface area (Å²) in [5.41, 5.74) is -5.94. The molecule has 31 heteroatoms. The first-order valence-corrected chi connectivity index (χ1v) is 36.3. The molecule has 4 amide bonds. The number of amides is 4. The molecule has 31 nitrogen and oxygen atoms in total. The number of ether oxygens (including phenoxy) is 9. The van der Waals surface area contributed by atoms with Crippen LogP contribution in [0.5, 0.6) is 0 Å². The highest BCUT2D eigenvalue weighted by Crippen LogP contribution is 2.52. The van der Waals surface area contributed by atoms with E-state index in [1.807, 2.05) is 30.3 Å². The fourth-order valence-electron chi connectivity index (χ4n) is 12.0. The smallest absolute Gasteiger partial charge is 0.346 e. The molecule has 0 fully saturated rings. The normalized spacial score (nSPS) is 13.5. The molecule has 4 aromatic rings. The van der Waals surface area contributed by atoms with E-state index in [2.05, 4.69) is 36.3 Å². The van der Waals surface area contributed by atoms with Crippen LogP contribution in [0.2, 0.25) is 0 Å². The lowest BCUT2D eigenvalue weighted by Crippen LogP contribution is -2.49. The molecule has 2 heterocycles. The minimum absolute atomic E-state index is 0.0207. The van der Waals surface area contributed by atoms with Gasteiger partial charge in [0.05, 0.1) is 104 Å². The third-order valence-electron chi connectivity index (χ3n) is 17.3. The number of aromatic nitrogens is 4. The maximum absolute atomic E-state index is 15.5. The average Bonchev–Trinajstić information content (AvgIpc) is 0.850. The molecule has 108 heavy (non-hydrogen) atoms. The summed E-state index contributed by atoms with van der Waals surface area (Å²) in [6.45, 7) is 15.5. The van der Waals surface area contributed by atoms with Crippen LogP contribution in [-0.2, 0) is 85.8 Å². The van der Waals surface area contributed by atoms with Gasteiger partial charge in [-0.05, 0) is 201 Å². The van der Waals surface area contributed by atoms with Crippen LogP contribution in [0.1, 0.15) is 191 Å². The summed E-state index contributed by atoms with van der Waals surface area (Å²) >= 11 is 0. The number of esters is 9. The Hall–Kier alpha value is -10.3. The maximum atomic E-state index is 15.5.